The van der Waals surface area contributed by atoms with Crippen LogP contribution in [0.4, 0.5) is 0 Å². The summed E-state index contributed by atoms with van der Waals surface area (Å²) >= 11 is 0. The standard InChI is InChI=1S/C47H69NO8SSi/c1-33(2)58(34(3)4,35(5)6)56-45-30-48(57(49,50)41-21-14-36(7)15-22-41)29-44(46(45)39-19-16-37(17-20-39)31-53-26-25-52-11)54-32-38-18-23-43-42(27-38)40(13-12-24-51-10)28-47(8,9)55-43/h14-23,27-28,33-35,44-46H,12-13,24-26,29-32H2,1-11H3/t44-,45+,46+/m0/s1. The van der Waals surface area contributed by atoms with Gasteiger partial charge in [0.1, 0.15) is 11.4 Å². The first kappa shape index (κ1) is 46.2. The Balaban J connectivity index is 1.57. The monoisotopic (exact) mass is 835 g/mol. The molecule has 3 aromatic carbocycles. The van der Waals surface area contributed by atoms with Crippen molar-refractivity contribution >= 4 is 23.9 Å². The average Bonchev–Trinajstić information content (AvgIpc) is 3.17. The van der Waals surface area contributed by atoms with Crippen LogP contribution in [0.25, 0.3) is 5.57 Å². The van der Waals surface area contributed by atoms with E-state index >= 15 is 0 Å². The van der Waals surface area contributed by atoms with Crippen LogP contribution >= 0.6 is 0 Å². The molecule has 58 heavy (non-hydrogen) atoms. The highest BCUT2D eigenvalue weighted by Crippen LogP contribution is 2.47. The van der Waals surface area contributed by atoms with Gasteiger partial charge in [-0.25, -0.2) is 8.42 Å². The lowest BCUT2D eigenvalue weighted by molar-refractivity contribution is -0.0505. The Bertz CT molecular complexity index is 1890. The van der Waals surface area contributed by atoms with Crippen LogP contribution in [-0.4, -0.2) is 86.0 Å². The van der Waals surface area contributed by atoms with Crippen LogP contribution in [0.15, 0.2) is 77.7 Å². The van der Waals surface area contributed by atoms with E-state index in [1.807, 2.05) is 25.1 Å². The number of benzene rings is 3. The van der Waals surface area contributed by atoms with E-state index in [1.54, 1.807) is 30.7 Å². The summed E-state index contributed by atoms with van der Waals surface area (Å²) in [6.45, 7) is 22.7. The van der Waals surface area contributed by atoms with Crippen molar-refractivity contribution in [2.24, 2.45) is 0 Å². The molecule has 3 aromatic rings. The fourth-order valence-electron chi connectivity index (χ4n) is 9.17. The second-order valence-electron chi connectivity index (χ2n) is 17.6. The molecule has 0 saturated carbocycles. The second-order valence-corrected chi connectivity index (χ2v) is 24.9. The Kier molecular flexibility index (Phi) is 16.0. The van der Waals surface area contributed by atoms with Gasteiger partial charge in [-0.1, -0.05) is 89.6 Å². The number of hydrogen-bond acceptors (Lipinski definition) is 8. The summed E-state index contributed by atoms with van der Waals surface area (Å²) in [5.41, 5.74) is 6.89. The summed E-state index contributed by atoms with van der Waals surface area (Å²) in [4.78, 5) is 0.275. The summed E-state index contributed by atoms with van der Waals surface area (Å²) in [7, 11) is -2.99. The van der Waals surface area contributed by atoms with Gasteiger partial charge in [-0.3, -0.25) is 0 Å². The number of fused-ring (bicyclic) bond motifs is 1. The molecule has 0 aliphatic carbocycles. The average molecular weight is 836 g/mol. The highest BCUT2D eigenvalue weighted by molar-refractivity contribution is 7.89. The predicted molar refractivity (Wildman–Crippen MR) is 235 cm³/mol. The lowest BCUT2D eigenvalue weighted by Crippen LogP contribution is -2.59. The van der Waals surface area contributed by atoms with Gasteiger partial charge in [-0.2, -0.15) is 4.31 Å². The van der Waals surface area contributed by atoms with Crippen molar-refractivity contribution in [2.45, 2.75) is 134 Å². The van der Waals surface area contributed by atoms with Crippen LogP contribution < -0.4 is 4.74 Å². The Morgan fingerprint density at radius 2 is 1.41 bits per heavy atom. The zero-order valence-corrected chi connectivity index (χ0v) is 38.7. The minimum Gasteiger partial charge on any atom is -0.483 e. The molecule has 0 bridgehead atoms. The van der Waals surface area contributed by atoms with E-state index in [9.17, 15) is 8.42 Å². The Morgan fingerprint density at radius 3 is 2.03 bits per heavy atom. The third-order valence-corrected chi connectivity index (χ3v) is 19.9. The first-order valence-corrected chi connectivity index (χ1v) is 24.6. The van der Waals surface area contributed by atoms with Crippen LogP contribution in [0.5, 0.6) is 5.75 Å². The number of ether oxygens (including phenoxy) is 5. The van der Waals surface area contributed by atoms with Crippen molar-refractivity contribution in [3.8, 4) is 5.75 Å². The molecule has 11 heteroatoms. The number of hydrogen-bond donors (Lipinski definition) is 0. The second kappa shape index (κ2) is 20.1. The Hall–Kier alpha value is -2.87. The molecule has 0 amide bonds. The topological polar surface area (TPSA) is 92.8 Å². The summed E-state index contributed by atoms with van der Waals surface area (Å²) in [5.74, 6) is 0.619. The smallest absolute Gasteiger partial charge is 0.243 e. The van der Waals surface area contributed by atoms with E-state index in [0.717, 1.165) is 46.4 Å². The number of rotatable bonds is 20. The summed E-state index contributed by atoms with van der Waals surface area (Å²) in [5, 5.41) is 0. The third-order valence-electron chi connectivity index (χ3n) is 11.9. The fraction of sp³-hybridized carbons (Fsp3) is 0.574. The summed E-state index contributed by atoms with van der Waals surface area (Å²) < 4.78 is 68.3. The Labute approximate surface area is 350 Å². The van der Waals surface area contributed by atoms with Crippen LogP contribution in [0.3, 0.4) is 0 Å². The molecule has 1 fully saturated rings. The van der Waals surface area contributed by atoms with Crippen molar-refractivity contribution in [1.29, 1.82) is 0 Å². The molecule has 320 valence electrons. The molecule has 0 radical (unpaired) electrons. The molecule has 0 aromatic heterocycles. The van der Waals surface area contributed by atoms with Gasteiger partial charge >= 0.3 is 0 Å². The van der Waals surface area contributed by atoms with E-state index in [-0.39, 0.29) is 23.9 Å². The molecule has 2 aliphatic rings. The zero-order valence-electron chi connectivity index (χ0n) is 36.9. The number of aryl methyl sites for hydroxylation is 1. The number of piperidine rings is 1. The molecule has 0 N–H and O–H groups in total. The SMILES string of the molecule is COCCCC1=CC(C)(C)Oc2ccc(CO[C@H]3CN(S(=O)(=O)c4ccc(C)cc4)C[C@@H](O[Si](C(C)C)(C(C)C)C(C)C)[C@@H]3c3ccc(COCCOC)cc3)cc21. The molecular formula is C47H69NO8SSi. The molecule has 0 spiro atoms. The minimum absolute atomic E-state index is 0.187. The molecule has 2 heterocycles. The van der Waals surface area contributed by atoms with Gasteiger partial charge in [0, 0.05) is 45.4 Å². The minimum atomic E-state index is -3.89. The molecular weight excluding hydrogens is 767 g/mol. The number of sulfonamides is 1. The molecule has 2 aliphatic heterocycles. The summed E-state index contributed by atoms with van der Waals surface area (Å²) in [6, 6.07) is 21.9. The molecule has 5 rings (SSSR count). The zero-order chi connectivity index (χ0) is 42.3. The van der Waals surface area contributed by atoms with Crippen LogP contribution in [-0.2, 0) is 46.6 Å². The van der Waals surface area contributed by atoms with Crippen molar-refractivity contribution in [3.05, 3.63) is 101 Å². The van der Waals surface area contributed by atoms with Gasteiger partial charge in [-0.05, 0) is 103 Å². The van der Waals surface area contributed by atoms with E-state index in [2.05, 4.69) is 97.9 Å². The van der Waals surface area contributed by atoms with Crippen molar-refractivity contribution in [1.82, 2.24) is 4.31 Å². The molecule has 0 unspecified atom stereocenters. The fourth-order valence-corrected chi connectivity index (χ4v) is 16.2. The van der Waals surface area contributed by atoms with Gasteiger partial charge in [0.05, 0.1) is 43.5 Å². The van der Waals surface area contributed by atoms with Crippen molar-refractivity contribution < 1.29 is 36.5 Å². The first-order valence-electron chi connectivity index (χ1n) is 21.1. The van der Waals surface area contributed by atoms with Gasteiger partial charge in [0.15, 0.2) is 0 Å². The quantitative estimate of drug-likeness (QED) is 0.0821. The Morgan fingerprint density at radius 1 is 0.793 bits per heavy atom. The van der Waals surface area contributed by atoms with Gasteiger partial charge in [-0.15, -0.1) is 0 Å². The summed E-state index contributed by atoms with van der Waals surface area (Å²) in [6.07, 6.45) is 3.03. The molecule has 1 saturated heterocycles. The lowest BCUT2D eigenvalue weighted by atomic mass is 9.85. The van der Waals surface area contributed by atoms with E-state index in [4.69, 9.17) is 28.1 Å². The van der Waals surface area contributed by atoms with Crippen molar-refractivity contribution in [3.63, 3.8) is 0 Å². The lowest BCUT2D eigenvalue weighted by Gasteiger charge is -2.50. The van der Waals surface area contributed by atoms with Crippen molar-refractivity contribution in [2.75, 3.05) is 47.1 Å². The normalized spacial score (nSPS) is 20.0. The maximum atomic E-state index is 14.6. The van der Waals surface area contributed by atoms with E-state index in [1.165, 1.54) is 5.57 Å². The van der Waals surface area contributed by atoms with E-state index < -0.39 is 36.1 Å². The van der Waals surface area contributed by atoms with Crippen LogP contribution in [0.1, 0.15) is 102 Å². The maximum absolute atomic E-state index is 14.6. The first-order chi connectivity index (χ1) is 27.5. The highest BCUT2D eigenvalue weighted by atomic mass is 32.2. The largest absolute Gasteiger partial charge is 0.483 e. The van der Waals surface area contributed by atoms with Gasteiger partial charge < -0.3 is 28.1 Å². The molecule has 9 nitrogen and oxygen atoms in total. The predicted octanol–water partition coefficient (Wildman–Crippen LogP) is 10.1. The van der Waals surface area contributed by atoms with Crippen LogP contribution in [0.2, 0.25) is 16.6 Å². The maximum Gasteiger partial charge on any atom is 0.243 e. The number of nitrogens with zero attached hydrogens (tertiary/aromatic N) is 1. The number of allylic oxidation sites excluding steroid dienone is 1. The van der Waals surface area contributed by atoms with Gasteiger partial charge in [0.25, 0.3) is 0 Å². The molecule has 3 atom stereocenters. The van der Waals surface area contributed by atoms with Gasteiger partial charge in [0.2, 0.25) is 18.3 Å². The third kappa shape index (κ3) is 10.9. The number of methoxy groups -OCH3 is 2. The highest BCUT2D eigenvalue weighted by Gasteiger charge is 2.51. The van der Waals surface area contributed by atoms with E-state index in [0.29, 0.717) is 49.7 Å². The van der Waals surface area contributed by atoms with Crippen LogP contribution in [0, 0.1) is 6.92 Å².